The number of nitrogens with zero attached hydrogens (tertiary/aromatic N) is 1. The monoisotopic (exact) mass is 268 g/mol. The van der Waals surface area contributed by atoms with Gasteiger partial charge < -0.3 is 5.73 Å². The van der Waals surface area contributed by atoms with Crippen LogP contribution in [-0.4, -0.2) is 24.0 Å². The van der Waals surface area contributed by atoms with E-state index in [0.29, 0.717) is 6.04 Å². The molecule has 0 amide bonds. The average molecular weight is 268 g/mol. The van der Waals surface area contributed by atoms with E-state index in [0.717, 1.165) is 19.6 Å². The highest BCUT2D eigenvalue weighted by molar-refractivity contribution is 7.09. The van der Waals surface area contributed by atoms with E-state index >= 15 is 0 Å². The van der Waals surface area contributed by atoms with Crippen LogP contribution in [0.4, 0.5) is 0 Å². The molecule has 18 heavy (non-hydrogen) atoms. The SMILES string of the molecule is CCCC(C)(CN)CN(Cc1cccs1)C(C)C. The minimum atomic E-state index is 0.246. The van der Waals surface area contributed by atoms with Crippen LogP contribution < -0.4 is 5.73 Å². The Bertz CT molecular complexity index is 321. The van der Waals surface area contributed by atoms with E-state index in [-0.39, 0.29) is 5.41 Å². The van der Waals surface area contributed by atoms with Crippen LogP contribution in [0.25, 0.3) is 0 Å². The van der Waals surface area contributed by atoms with Crippen LogP contribution in [-0.2, 0) is 6.54 Å². The molecule has 0 saturated carbocycles. The van der Waals surface area contributed by atoms with Crippen molar-refractivity contribution < 1.29 is 0 Å². The van der Waals surface area contributed by atoms with Crippen molar-refractivity contribution in [3.8, 4) is 0 Å². The summed E-state index contributed by atoms with van der Waals surface area (Å²) in [4.78, 5) is 3.99. The molecule has 0 saturated heterocycles. The quantitative estimate of drug-likeness (QED) is 0.778. The van der Waals surface area contributed by atoms with Crippen molar-refractivity contribution in [2.24, 2.45) is 11.1 Å². The maximum atomic E-state index is 5.99. The van der Waals surface area contributed by atoms with Gasteiger partial charge in [0, 0.05) is 24.0 Å². The molecule has 1 unspecified atom stereocenters. The van der Waals surface area contributed by atoms with Gasteiger partial charge in [-0.25, -0.2) is 0 Å². The second-order valence-corrected chi connectivity index (χ2v) is 6.88. The Morgan fingerprint density at radius 1 is 1.44 bits per heavy atom. The van der Waals surface area contributed by atoms with Crippen LogP contribution in [0.1, 0.15) is 45.4 Å². The third-order valence-electron chi connectivity index (χ3n) is 3.60. The summed E-state index contributed by atoms with van der Waals surface area (Å²) < 4.78 is 0. The third kappa shape index (κ3) is 4.71. The molecule has 2 nitrogen and oxygen atoms in total. The zero-order valence-electron chi connectivity index (χ0n) is 12.3. The number of nitrogens with two attached hydrogens (primary N) is 1. The molecule has 0 spiro atoms. The number of hydrogen-bond acceptors (Lipinski definition) is 3. The summed E-state index contributed by atoms with van der Waals surface area (Å²) in [6.07, 6.45) is 2.41. The summed E-state index contributed by atoms with van der Waals surface area (Å²) in [6, 6.07) is 4.92. The van der Waals surface area contributed by atoms with Gasteiger partial charge in [-0.2, -0.15) is 0 Å². The Kier molecular flexibility index (Phi) is 6.33. The fourth-order valence-electron chi connectivity index (χ4n) is 2.36. The Hall–Kier alpha value is -0.380. The Morgan fingerprint density at radius 2 is 2.17 bits per heavy atom. The van der Waals surface area contributed by atoms with Crippen molar-refractivity contribution in [2.45, 2.75) is 53.1 Å². The summed E-state index contributed by atoms with van der Waals surface area (Å²) >= 11 is 1.84. The summed E-state index contributed by atoms with van der Waals surface area (Å²) in [7, 11) is 0. The average Bonchev–Trinajstić information content (AvgIpc) is 2.81. The summed E-state index contributed by atoms with van der Waals surface area (Å²) in [6.45, 7) is 12.0. The van der Waals surface area contributed by atoms with Crippen molar-refractivity contribution in [3.05, 3.63) is 22.4 Å². The molecule has 0 aromatic carbocycles. The molecule has 0 bridgehead atoms. The second-order valence-electron chi connectivity index (χ2n) is 5.84. The van der Waals surface area contributed by atoms with Gasteiger partial charge in [0.1, 0.15) is 0 Å². The molecule has 1 atom stereocenters. The van der Waals surface area contributed by atoms with Crippen LogP contribution in [0.5, 0.6) is 0 Å². The van der Waals surface area contributed by atoms with Crippen molar-refractivity contribution in [1.82, 2.24) is 4.90 Å². The lowest BCUT2D eigenvalue weighted by Crippen LogP contribution is -2.43. The predicted molar refractivity (Wildman–Crippen MR) is 81.9 cm³/mol. The lowest BCUT2D eigenvalue weighted by Gasteiger charge is -2.36. The molecule has 0 radical (unpaired) electrons. The largest absolute Gasteiger partial charge is 0.330 e. The highest BCUT2D eigenvalue weighted by Crippen LogP contribution is 2.25. The molecular formula is C15H28N2S. The van der Waals surface area contributed by atoms with Crippen LogP contribution in [0.15, 0.2) is 17.5 Å². The van der Waals surface area contributed by atoms with E-state index in [1.807, 2.05) is 11.3 Å². The molecular weight excluding hydrogens is 240 g/mol. The molecule has 0 aliphatic heterocycles. The zero-order chi connectivity index (χ0) is 13.6. The summed E-state index contributed by atoms with van der Waals surface area (Å²) in [5, 5.41) is 2.15. The number of thiophene rings is 1. The molecule has 1 heterocycles. The Balaban J connectivity index is 2.67. The van der Waals surface area contributed by atoms with Gasteiger partial charge >= 0.3 is 0 Å². The van der Waals surface area contributed by atoms with Gasteiger partial charge in [-0.3, -0.25) is 4.90 Å². The second kappa shape index (κ2) is 7.27. The molecule has 2 N–H and O–H groups in total. The van der Waals surface area contributed by atoms with Crippen molar-refractivity contribution >= 4 is 11.3 Å². The summed E-state index contributed by atoms with van der Waals surface area (Å²) in [5.74, 6) is 0. The van der Waals surface area contributed by atoms with Crippen molar-refractivity contribution in [3.63, 3.8) is 0 Å². The van der Waals surface area contributed by atoms with Crippen molar-refractivity contribution in [2.75, 3.05) is 13.1 Å². The Labute approximate surface area is 116 Å². The molecule has 0 aliphatic carbocycles. The van der Waals surface area contributed by atoms with Gasteiger partial charge in [-0.15, -0.1) is 11.3 Å². The molecule has 1 aromatic rings. The topological polar surface area (TPSA) is 29.3 Å². The number of hydrogen-bond donors (Lipinski definition) is 1. The predicted octanol–water partition coefficient (Wildman–Crippen LogP) is 3.72. The molecule has 1 aromatic heterocycles. The van der Waals surface area contributed by atoms with E-state index in [1.165, 1.54) is 17.7 Å². The maximum absolute atomic E-state index is 5.99. The van der Waals surface area contributed by atoms with Crippen LogP contribution in [0, 0.1) is 5.41 Å². The molecule has 104 valence electrons. The van der Waals surface area contributed by atoms with Gasteiger partial charge in [0.25, 0.3) is 0 Å². The highest BCUT2D eigenvalue weighted by atomic mass is 32.1. The number of rotatable bonds is 8. The van der Waals surface area contributed by atoms with E-state index < -0.39 is 0 Å². The molecule has 1 rings (SSSR count). The fraction of sp³-hybridized carbons (Fsp3) is 0.733. The van der Waals surface area contributed by atoms with E-state index in [4.69, 9.17) is 5.73 Å². The van der Waals surface area contributed by atoms with E-state index in [9.17, 15) is 0 Å². The first-order chi connectivity index (χ1) is 8.50. The maximum Gasteiger partial charge on any atom is 0.0330 e. The Morgan fingerprint density at radius 3 is 2.61 bits per heavy atom. The third-order valence-corrected chi connectivity index (χ3v) is 4.46. The molecule has 0 fully saturated rings. The van der Waals surface area contributed by atoms with Gasteiger partial charge in [-0.05, 0) is 43.7 Å². The summed E-state index contributed by atoms with van der Waals surface area (Å²) in [5.41, 5.74) is 6.24. The highest BCUT2D eigenvalue weighted by Gasteiger charge is 2.26. The van der Waals surface area contributed by atoms with Crippen LogP contribution in [0.3, 0.4) is 0 Å². The fourth-order valence-corrected chi connectivity index (χ4v) is 3.09. The lowest BCUT2D eigenvalue weighted by molar-refractivity contribution is 0.123. The van der Waals surface area contributed by atoms with Crippen molar-refractivity contribution in [1.29, 1.82) is 0 Å². The van der Waals surface area contributed by atoms with Crippen LogP contribution in [0.2, 0.25) is 0 Å². The van der Waals surface area contributed by atoms with E-state index in [2.05, 4.69) is 50.1 Å². The van der Waals surface area contributed by atoms with Crippen LogP contribution >= 0.6 is 11.3 Å². The minimum absolute atomic E-state index is 0.246. The standard InChI is InChI=1S/C15H28N2S/c1-5-8-15(4,11-16)12-17(13(2)3)10-14-7-6-9-18-14/h6-7,9,13H,5,8,10-12,16H2,1-4H3. The molecule has 3 heteroatoms. The first-order valence-corrected chi connectivity index (χ1v) is 7.85. The van der Waals surface area contributed by atoms with Gasteiger partial charge in [0.05, 0.1) is 0 Å². The van der Waals surface area contributed by atoms with E-state index in [1.54, 1.807) is 0 Å². The van der Waals surface area contributed by atoms with Gasteiger partial charge in [-0.1, -0.05) is 26.3 Å². The normalized spacial score (nSPS) is 15.3. The molecule has 0 aliphatic rings. The lowest BCUT2D eigenvalue weighted by atomic mass is 9.84. The zero-order valence-corrected chi connectivity index (χ0v) is 13.1. The first-order valence-electron chi connectivity index (χ1n) is 6.97. The smallest absolute Gasteiger partial charge is 0.0330 e. The minimum Gasteiger partial charge on any atom is -0.330 e. The van der Waals surface area contributed by atoms with Gasteiger partial charge in [0.15, 0.2) is 0 Å². The first kappa shape index (κ1) is 15.7. The van der Waals surface area contributed by atoms with Gasteiger partial charge in [0.2, 0.25) is 0 Å².